The van der Waals surface area contributed by atoms with Crippen molar-refractivity contribution in [3.05, 3.63) is 30.3 Å². The Morgan fingerprint density at radius 2 is 1.90 bits per heavy atom. The van der Waals surface area contributed by atoms with Crippen LogP contribution in [0.1, 0.15) is 32.7 Å². The SMILES string of the molecule is CCC(CC)n1nc(-c2ccccc2)c2c(N)[nH]nc21. The number of nitrogens with two attached hydrogens (primary N) is 1. The third-order valence-electron chi connectivity index (χ3n) is 3.77. The number of hydrogen-bond donors (Lipinski definition) is 2. The van der Waals surface area contributed by atoms with Gasteiger partial charge in [-0.3, -0.25) is 5.10 Å². The van der Waals surface area contributed by atoms with E-state index < -0.39 is 0 Å². The topological polar surface area (TPSA) is 72.5 Å². The molecule has 2 heterocycles. The maximum atomic E-state index is 6.04. The van der Waals surface area contributed by atoms with Crippen molar-refractivity contribution in [3.8, 4) is 11.3 Å². The van der Waals surface area contributed by atoms with Crippen LogP contribution in [-0.2, 0) is 0 Å². The number of nitrogens with zero attached hydrogens (tertiary/aromatic N) is 3. The summed E-state index contributed by atoms with van der Waals surface area (Å²) in [7, 11) is 0. The Labute approximate surface area is 117 Å². The lowest BCUT2D eigenvalue weighted by molar-refractivity contribution is 0.439. The maximum Gasteiger partial charge on any atom is 0.182 e. The smallest absolute Gasteiger partial charge is 0.182 e. The predicted molar refractivity (Wildman–Crippen MR) is 81.3 cm³/mol. The van der Waals surface area contributed by atoms with E-state index in [1.165, 1.54) is 0 Å². The first kappa shape index (κ1) is 12.7. The van der Waals surface area contributed by atoms with Gasteiger partial charge in [-0.1, -0.05) is 44.2 Å². The average Bonchev–Trinajstić information content (AvgIpc) is 3.04. The molecule has 0 spiro atoms. The fourth-order valence-electron chi connectivity index (χ4n) is 2.64. The summed E-state index contributed by atoms with van der Waals surface area (Å²) < 4.78 is 2.00. The van der Waals surface area contributed by atoms with Crippen LogP contribution in [0.5, 0.6) is 0 Å². The van der Waals surface area contributed by atoms with Gasteiger partial charge in [-0.05, 0) is 12.8 Å². The van der Waals surface area contributed by atoms with Gasteiger partial charge >= 0.3 is 0 Å². The Kier molecular flexibility index (Phi) is 3.18. The summed E-state index contributed by atoms with van der Waals surface area (Å²) >= 11 is 0. The van der Waals surface area contributed by atoms with Crippen LogP contribution in [0, 0.1) is 0 Å². The second-order valence-corrected chi connectivity index (χ2v) is 4.97. The fraction of sp³-hybridized carbons (Fsp3) is 0.333. The Morgan fingerprint density at radius 1 is 1.20 bits per heavy atom. The van der Waals surface area contributed by atoms with E-state index in [1.54, 1.807) is 0 Å². The van der Waals surface area contributed by atoms with E-state index in [0.29, 0.717) is 11.9 Å². The first-order valence-corrected chi connectivity index (χ1v) is 7.03. The monoisotopic (exact) mass is 269 g/mol. The minimum Gasteiger partial charge on any atom is -0.383 e. The highest BCUT2D eigenvalue weighted by Gasteiger charge is 2.21. The summed E-state index contributed by atoms with van der Waals surface area (Å²) in [5.74, 6) is 0.580. The number of H-pyrrole nitrogens is 1. The van der Waals surface area contributed by atoms with Crippen molar-refractivity contribution in [2.75, 3.05) is 5.73 Å². The van der Waals surface area contributed by atoms with Crippen molar-refractivity contribution in [3.63, 3.8) is 0 Å². The van der Waals surface area contributed by atoms with Crippen LogP contribution < -0.4 is 5.73 Å². The highest BCUT2D eigenvalue weighted by atomic mass is 15.4. The Balaban J connectivity index is 2.25. The molecule has 3 aromatic rings. The summed E-state index contributed by atoms with van der Waals surface area (Å²) in [6.45, 7) is 4.33. The van der Waals surface area contributed by atoms with Crippen molar-refractivity contribution in [1.29, 1.82) is 0 Å². The number of nitrogen functional groups attached to an aromatic ring is 1. The van der Waals surface area contributed by atoms with Gasteiger partial charge in [-0.2, -0.15) is 10.2 Å². The highest BCUT2D eigenvalue weighted by molar-refractivity contribution is 5.98. The molecule has 0 saturated heterocycles. The van der Waals surface area contributed by atoms with E-state index in [4.69, 9.17) is 10.8 Å². The molecule has 5 nitrogen and oxygen atoms in total. The van der Waals surface area contributed by atoms with Gasteiger partial charge in [0.25, 0.3) is 0 Å². The second kappa shape index (κ2) is 5.00. The normalized spacial score (nSPS) is 11.6. The Morgan fingerprint density at radius 3 is 2.55 bits per heavy atom. The van der Waals surface area contributed by atoms with Gasteiger partial charge in [0.15, 0.2) is 5.65 Å². The van der Waals surface area contributed by atoms with Crippen LogP contribution in [0.25, 0.3) is 22.3 Å². The largest absolute Gasteiger partial charge is 0.383 e. The standard InChI is InChI=1S/C15H19N5/c1-3-11(4-2)20-15-12(14(16)17-18-15)13(19-20)10-8-6-5-7-9-10/h5-9,11H,3-4H2,1-2H3,(H3,16,17,18). The number of hydrogen-bond acceptors (Lipinski definition) is 3. The van der Waals surface area contributed by atoms with Gasteiger partial charge in [0.2, 0.25) is 0 Å². The first-order chi connectivity index (χ1) is 9.76. The van der Waals surface area contributed by atoms with Gasteiger partial charge in [-0.25, -0.2) is 4.68 Å². The average molecular weight is 269 g/mol. The lowest BCUT2D eigenvalue weighted by atomic mass is 10.1. The molecule has 0 amide bonds. The van der Waals surface area contributed by atoms with E-state index in [-0.39, 0.29) is 0 Å². The van der Waals surface area contributed by atoms with E-state index in [1.807, 2.05) is 35.0 Å². The van der Waals surface area contributed by atoms with Crippen molar-refractivity contribution >= 4 is 16.9 Å². The number of rotatable bonds is 4. The Bertz CT molecular complexity index is 707. The predicted octanol–water partition coefficient (Wildman–Crippen LogP) is 3.37. The number of fused-ring (bicyclic) bond motifs is 1. The molecule has 0 aliphatic carbocycles. The van der Waals surface area contributed by atoms with E-state index in [2.05, 4.69) is 24.0 Å². The van der Waals surface area contributed by atoms with Gasteiger partial charge in [-0.15, -0.1) is 0 Å². The fourth-order valence-corrected chi connectivity index (χ4v) is 2.64. The van der Waals surface area contributed by atoms with Gasteiger partial charge in [0.05, 0.1) is 11.4 Å². The summed E-state index contributed by atoms with van der Waals surface area (Å²) in [4.78, 5) is 0. The van der Waals surface area contributed by atoms with E-state index >= 15 is 0 Å². The third-order valence-corrected chi connectivity index (χ3v) is 3.77. The first-order valence-electron chi connectivity index (χ1n) is 7.03. The third kappa shape index (κ3) is 1.86. The molecule has 1 aromatic carbocycles. The molecular weight excluding hydrogens is 250 g/mol. The van der Waals surface area contributed by atoms with Crippen molar-refractivity contribution in [2.24, 2.45) is 0 Å². The molecule has 3 N–H and O–H groups in total. The molecule has 0 radical (unpaired) electrons. The molecule has 104 valence electrons. The number of aromatic nitrogens is 4. The molecule has 3 rings (SSSR count). The number of aromatic amines is 1. The maximum absolute atomic E-state index is 6.04. The molecule has 0 saturated carbocycles. The second-order valence-electron chi connectivity index (χ2n) is 4.97. The quantitative estimate of drug-likeness (QED) is 0.762. The minimum absolute atomic E-state index is 0.345. The molecule has 0 unspecified atom stereocenters. The van der Waals surface area contributed by atoms with Gasteiger partial charge < -0.3 is 5.73 Å². The number of nitrogens with one attached hydrogen (secondary N) is 1. The van der Waals surface area contributed by atoms with Gasteiger partial charge in [0, 0.05) is 5.56 Å². The van der Waals surface area contributed by atoms with Crippen LogP contribution in [0.15, 0.2) is 30.3 Å². The summed E-state index contributed by atoms with van der Waals surface area (Å²) in [6, 6.07) is 10.5. The minimum atomic E-state index is 0.345. The highest BCUT2D eigenvalue weighted by Crippen LogP contribution is 2.33. The Hall–Kier alpha value is -2.30. The van der Waals surface area contributed by atoms with Crippen LogP contribution in [0.3, 0.4) is 0 Å². The number of benzene rings is 1. The molecular formula is C15H19N5. The summed E-state index contributed by atoms with van der Waals surface area (Å²) in [6.07, 6.45) is 2.04. The lowest BCUT2D eigenvalue weighted by Crippen LogP contribution is -2.09. The zero-order chi connectivity index (χ0) is 14.1. The van der Waals surface area contributed by atoms with E-state index in [0.717, 1.165) is 35.1 Å². The van der Waals surface area contributed by atoms with Crippen molar-refractivity contribution < 1.29 is 0 Å². The molecule has 2 aromatic heterocycles. The van der Waals surface area contributed by atoms with Crippen LogP contribution in [0.2, 0.25) is 0 Å². The lowest BCUT2D eigenvalue weighted by Gasteiger charge is -2.12. The van der Waals surface area contributed by atoms with Crippen molar-refractivity contribution in [1.82, 2.24) is 20.0 Å². The molecule has 0 aliphatic heterocycles. The molecule has 0 aliphatic rings. The molecule has 5 heteroatoms. The van der Waals surface area contributed by atoms with Crippen LogP contribution in [0.4, 0.5) is 5.82 Å². The van der Waals surface area contributed by atoms with Gasteiger partial charge in [0.1, 0.15) is 11.5 Å². The zero-order valence-electron chi connectivity index (χ0n) is 11.8. The van der Waals surface area contributed by atoms with E-state index in [9.17, 15) is 0 Å². The zero-order valence-corrected chi connectivity index (χ0v) is 11.8. The molecule has 0 fully saturated rings. The van der Waals surface area contributed by atoms with Crippen LogP contribution >= 0.6 is 0 Å². The molecule has 20 heavy (non-hydrogen) atoms. The summed E-state index contributed by atoms with van der Waals surface area (Å²) in [5.41, 5.74) is 8.85. The molecule has 0 bridgehead atoms. The molecule has 0 atom stereocenters. The number of anilines is 1. The van der Waals surface area contributed by atoms with Crippen LogP contribution in [-0.4, -0.2) is 20.0 Å². The van der Waals surface area contributed by atoms with Crippen molar-refractivity contribution in [2.45, 2.75) is 32.7 Å². The summed E-state index contributed by atoms with van der Waals surface area (Å²) in [5, 5.41) is 12.9.